The van der Waals surface area contributed by atoms with Gasteiger partial charge in [0.2, 0.25) is 0 Å². The van der Waals surface area contributed by atoms with Crippen LogP contribution in [0.1, 0.15) is 5.56 Å². The maximum absolute atomic E-state index is 13.1. The fourth-order valence-corrected chi connectivity index (χ4v) is 1.06. The molecule has 92 valence electrons. The maximum atomic E-state index is 13.1. The molecule has 5 nitrogen and oxygen atoms in total. The van der Waals surface area contributed by atoms with E-state index in [0.29, 0.717) is 6.07 Å². The molecule has 0 radical (unpaired) electrons. The van der Waals surface area contributed by atoms with E-state index >= 15 is 0 Å². The molecule has 0 aliphatic carbocycles. The molecular weight excluding hydrogens is 234 g/mol. The Labute approximate surface area is 95.4 Å². The van der Waals surface area contributed by atoms with E-state index in [1.807, 2.05) is 5.32 Å². The standard InChI is InChI=1S/C10H10F2N2O3/c11-7-2-1-6(8(12)3-7)4-13-10(17)14-5-9(15)16/h1-3H,4-5H2,(H,15,16)(H2,13,14,17). The molecule has 17 heavy (non-hydrogen) atoms. The Morgan fingerprint density at radius 3 is 2.53 bits per heavy atom. The first-order valence-electron chi connectivity index (χ1n) is 4.66. The van der Waals surface area contributed by atoms with Gasteiger partial charge in [0, 0.05) is 18.2 Å². The van der Waals surface area contributed by atoms with E-state index in [9.17, 15) is 18.4 Å². The molecule has 0 bridgehead atoms. The second kappa shape index (κ2) is 5.78. The van der Waals surface area contributed by atoms with E-state index in [-0.39, 0.29) is 12.1 Å². The number of nitrogens with one attached hydrogen (secondary N) is 2. The molecule has 1 aromatic carbocycles. The van der Waals surface area contributed by atoms with Gasteiger partial charge in [-0.2, -0.15) is 0 Å². The zero-order chi connectivity index (χ0) is 12.8. The highest BCUT2D eigenvalue weighted by molar-refractivity contribution is 5.79. The van der Waals surface area contributed by atoms with Crippen molar-refractivity contribution in [3.8, 4) is 0 Å². The number of carbonyl (C=O) groups excluding carboxylic acids is 1. The van der Waals surface area contributed by atoms with Crippen molar-refractivity contribution in [3.05, 3.63) is 35.4 Å². The lowest BCUT2D eigenvalue weighted by Crippen LogP contribution is -2.38. The van der Waals surface area contributed by atoms with Crippen molar-refractivity contribution in [1.29, 1.82) is 0 Å². The van der Waals surface area contributed by atoms with Gasteiger partial charge in [0.15, 0.2) is 0 Å². The average Bonchev–Trinajstić information content (AvgIpc) is 2.25. The summed E-state index contributed by atoms with van der Waals surface area (Å²) in [7, 11) is 0. The van der Waals surface area contributed by atoms with Crippen LogP contribution in [0, 0.1) is 11.6 Å². The predicted octanol–water partition coefficient (Wildman–Crippen LogP) is 0.849. The average molecular weight is 244 g/mol. The fraction of sp³-hybridized carbons (Fsp3) is 0.200. The van der Waals surface area contributed by atoms with Crippen molar-refractivity contribution in [1.82, 2.24) is 10.6 Å². The number of halogens is 2. The summed E-state index contributed by atoms with van der Waals surface area (Å²) in [6, 6.07) is 2.22. The van der Waals surface area contributed by atoms with Crippen molar-refractivity contribution < 1.29 is 23.5 Å². The SMILES string of the molecule is O=C(O)CNC(=O)NCc1ccc(F)cc1F. The van der Waals surface area contributed by atoms with Crippen molar-refractivity contribution in [2.75, 3.05) is 6.54 Å². The molecule has 0 atom stereocenters. The summed E-state index contributed by atoms with van der Waals surface area (Å²) in [4.78, 5) is 21.1. The topological polar surface area (TPSA) is 78.4 Å². The largest absolute Gasteiger partial charge is 0.480 e. The smallest absolute Gasteiger partial charge is 0.323 e. The van der Waals surface area contributed by atoms with E-state index < -0.39 is 30.2 Å². The van der Waals surface area contributed by atoms with Gasteiger partial charge in [-0.3, -0.25) is 4.79 Å². The monoisotopic (exact) mass is 244 g/mol. The van der Waals surface area contributed by atoms with E-state index in [4.69, 9.17) is 5.11 Å². The molecule has 0 heterocycles. The molecular formula is C10H10F2N2O3. The number of hydrogen-bond acceptors (Lipinski definition) is 2. The fourth-order valence-electron chi connectivity index (χ4n) is 1.06. The molecule has 0 spiro atoms. The summed E-state index contributed by atoms with van der Waals surface area (Å²) < 4.78 is 25.7. The number of urea groups is 1. The normalized spacial score (nSPS) is 9.76. The zero-order valence-electron chi connectivity index (χ0n) is 8.67. The van der Waals surface area contributed by atoms with Crippen LogP contribution in [0.4, 0.5) is 13.6 Å². The number of rotatable bonds is 4. The Morgan fingerprint density at radius 1 is 1.24 bits per heavy atom. The van der Waals surface area contributed by atoms with Gasteiger partial charge in [-0.15, -0.1) is 0 Å². The van der Waals surface area contributed by atoms with Crippen molar-refractivity contribution in [3.63, 3.8) is 0 Å². The van der Waals surface area contributed by atoms with Crippen LogP contribution in [0.25, 0.3) is 0 Å². The van der Waals surface area contributed by atoms with E-state index in [1.54, 1.807) is 0 Å². The molecule has 0 saturated heterocycles. The lowest BCUT2D eigenvalue weighted by Gasteiger charge is -2.06. The molecule has 1 rings (SSSR count). The minimum atomic E-state index is -1.19. The van der Waals surface area contributed by atoms with Gasteiger partial charge in [-0.25, -0.2) is 13.6 Å². The minimum absolute atomic E-state index is 0.108. The Bertz CT molecular complexity index is 438. The van der Waals surface area contributed by atoms with Gasteiger partial charge in [-0.05, 0) is 6.07 Å². The Balaban J connectivity index is 2.44. The number of carboxylic acids is 1. The summed E-state index contributed by atoms with van der Waals surface area (Å²) in [5.74, 6) is -2.67. The van der Waals surface area contributed by atoms with Crippen LogP contribution < -0.4 is 10.6 Å². The van der Waals surface area contributed by atoms with Crippen LogP contribution in [0.3, 0.4) is 0 Å². The number of carbonyl (C=O) groups is 2. The number of amides is 2. The first-order valence-corrected chi connectivity index (χ1v) is 4.66. The molecule has 0 aliphatic rings. The van der Waals surface area contributed by atoms with Crippen LogP contribution in [-0.2, 0) is 11.3 Å². The molecule has 0 unspecified atom stereocenters. The number of aliphatic carboxylic acids is 1. The number of hydrogen-bond donors (Lipinski definition) is 3. The number of carboxylic acid groups (broad SMARTS) is 1. The van der Waals surface area contributed by atoms with Crippen LogP contribution in [-0.4, -0.2) is 23.7 Å². The molecule has 0 saturated carbocycles. The van der Waals surface area contributed by atoms with Crippen molar-refractivity contribution in [2.45, 2.75) is 6.54 Å². The molecule has 1 aromatic rings. The highest BCUT2D eigenvalue weighted by atomic mass is 19.1. The van der Waals surface area contributed by atoms with Gasteiger partial charge >= 0.3 is 12.0 Å². The first kappa shape index (κ1) is 12.9. The Kier molecular flexibility index (Phi) is 4.38. The van der Waals surface area contributed by atoms with E-state index in [1.165, 1.54) is 6.07 Å². The number of benzene rings is 1. The quantitative estimate of drug-likeness (QED) is 0.734. The van der Waals surface area contributed by atoms with Gasteiger partial charge < -0.3 is 15.7 Å². The summed E-state index contributed by atoms with van der Waals surface area (Å²) in [5, 5.41) is 12.6. The van der Waals surface area contributed by atoms with E-state index in [0.717, 1.165) is 6.07 Å². The summed E-state index contributed by atoms with van der Waals surface area (Å²) in [5.41, 5.74) is 0.108. The second-order valence-corrected chi connectivity index (χ2v) is 3.17. The third kappa shape index (κ3) is 4.45. The predicted molar refractivity (Wildman–Crippen MR) is 54.2 cm³/mol. The highest BCUT2D eigenvalue weighted by Gasteiger charge is 2.06. The molecule has 0 fully saturated rings. The summed E-state index contributed by atoms with van der Waals surface area (Å²) >= 11 is 0. The van der Waals surface area contributed by atoms with Gasteiger partial charge in [0.05, 0.1) is 0 Å². The second-order valence-electron chi connectivity index (χ2n) is 3.17. The highest BCUT2D eigenvalue weighted by Crippen LogP contribution is 2.08. The molecule has 0 aliphatic heterocycles. The summed E-state index contributed by atoms with van der Waals surface area (Å²) in [6.45, 7) is -0.685. The molecule has 0 aromatic heterocycles. The maximum Gasteiger partial charge on any atom is 0.323 e. The van der Waals surface area contributed by atoms with Crippen LogP contribution >= 0.6 is 0 Å². The van der Waals surface area contributed by atoms with Crippen LogP contribution in [0.5, 0.6) is 0 Å². The van der Waals surface area contributed by atoms with Crippen molar-refractivity contribution >= 4 is 12.0 Å². The van der Waals surface area contributed by atoms with Crippen LogP contribution in [0.2, 0.25) is 0 Å². The minimum Gasteiger partial charge on any atom is -0.480 e. The van der Waals surface area contributed by atoms with Gasteiger partial charge in [0.1, 0.15) is 18.2 Å². The summed E-state index contributed by atoms with van der Waals surface area (Å²) in [6.07, 6.45) is 0. The van der Waals surface area contributed by atoms with Gasteiger partial charge in [0.25, 0.3) is 0 Å². The van der Waals surface area contributed by atoms with Crippen molar-refractivity contribution in [2.24, 2.45) is 0 Å². The molecule has 7 heteroatoms. The van der Waals surface area contributed by atoms with Crippen LogP contribution in [0.15, 0.2) is 18.2 Å². The molecule has 2 amide bonds. The van der Waals surface area contributed by atoms with E-state index in [2.05, 4.69) is 5.32 Å². The Morgan fingerprint density at radius 2 is 1.94 bits per heavy atom. The van der Waals surface area contributed by atoms with Gasteiger partial charge in [-0.1, -0.05) is 6.07 Å². The first-order chi connectivity index (χ1) is 7.99. The zero-order valence-corrected chi connectivity index (χ0v) is 8.67. The third-order valence-corrected chi connectivity index (χ3v) is 1.85. The molecule has 3 N–H and O–H groups in total. The lowest BCUT2D eigenvalue weighted by molar-refractivity contribution is -0.135. The Hall–Kier alpha value is -2.18. The third-order valence-electron chi connectivity index (χ3n) is 1.85. The lowest BCUT2D eigenvalue weighted by atomic mass is 10.2.